The number of carbonyl (C=O) groups excluding carboxylic acids is 3. The largest absolute Gasteiger partial charge is 0.326 e. The molecular weight excluding hydrogens is 364 g/mol. The number of hydrogen-bond acceptors (Lipinski definition) is 5. The molecule has 0 aliphatic rings. The summed E-state index contributed by atoms with van der Waals surface area (Å²) in [5, 5.41) is 10.3. The third kappa shape index (κ3) is 4.77. The molecule has 136 valence electrons. The summed E-state index contributed by atoms with van der Waals surface area (Å²) in [5.41, 5.74) is 1.72. The van der Waals surface area contributed by atoms with Crippen LogP contribution >= 0.6 is 11.3 Å². The Morgan fingerprint density at radius 2 is 1.63 bits per heavy atom. The van der Waals surface area contributed by atoms with Crippen molar-refractivity contribution in [1.29, 1.82) is 0 Å². The first-order valence-corrected chi connectivity index (χ1v) is 8.90. The monoisotopic (exact) mass is 380 g/mol. The average Bonchev–Trinajstić information content (AvgIpc) is 3.15. The standard InChI is InChI=1S/C19H16N4O3S/c1-12(24)21-14-8-6-13(7-9-14)17(25)22-16-5-3-2-4-15(16)18(26)23-19-20-10-11-27-19/h2-11H,1H3,(H,21,24)(H,22,25)(H,20,23,26). The highest BCUT2D eigenvalue weighted by molar-refractivity contribution is 7.13. The predicted octanol–water partition coefficient (Wildman–Crippen LogP) is 3.61. The maximum Gasteiger partial charge on any atom is 0.259 e. The molecule has 0 unspecified atom stereocenters. The second kappa shape index (κ2) is 8.24. The summed E-state index contributed by atoms with van der Waals surface area (Å²) in [6.45, 7) is 1.41. The van der Waals surface area contributed by atoms with Crippen molar-refractivity contribution in [3.8, 4) is 0 Å². The van der Waals surface area contributed by atoms with Crippen LogP contribution in [-0.2, 0) is 4.79 Å². The molecule has 0 saturated heterocycles. The zero-order valence-electron chi connectivity index (χ0n) is 14.4. The number of para-hydroxylation sites is 1. The number of anilines is 3. The van der Waals surface area contributed by atoms with Crippen molar-refractivity contribution in [3.63, 3.8) is 0 Å². The van der Waals surface area contributed by atoms with E-state index in [0.29, 0.717) is 27.6 Å². The van der Waals surface area contributed by atoms with Gasteiger partial charge in [-0.25, -0.2) is 4.98 Å². The second-order valence-corrected chi connectivity index (χ2v) is 6.44. The topological polar surface area (TPSA) is 100 Å². The van der Waals surface area contributed by atoms with Crippen molar-refractivity contribution in [2.75, 3.05) is 16.0 Å². The van der Waals surface area contributed by atoms with Crippen LogP contribution in [0.15, 0.2) is 60.1 Å². The third-order valence-corrected chi connectivity index (χ3v) is 4.23. The van der Waals surface area contributed by atoms with Gasteiger partial charge in [-0.15, -0.1) is 11.3 Å². The molecule has 27 heavy (non-hydrogen) atoms. The first-order chi connectivity index (χ1) is 13.0. The number of hydrogen-bond donors (Lipinski definition) is 3. The molecule has 7 nitrogen and oxygen atoms in total. The summed E-state index contributed by atoms with van der Waals surface area (Å²) >= 11 is 1.31. The molecule has 2 aromatic carbocycles. The highest BCUT2D eigenvalue weighted by Gasteiger charge is 2.15. The van der Waals surface area contributed by atoms with Gasteiger partial charge < -0.3 is 10.6 Å². The molecule has 0 aliphatic carbocycles. The highest BCUT2D eigenvalue weighted by Crippen LogP contribution is 2.20. The van der Waals surface area contributed by atoms with Gasteiger partial charge in [0.05, 0.1) is 11.3 Å². The van der Waals surface area contributed by atoms with Crippen molar-refractivity contribution in [2.45, 2.75) is 6.92 Å². The van der Waals surface area contributed by atoms with E-state index >= 15 is 0 Å². The molecule has 1 aromatic heterocycles. The summed E-state index contributed by atoms with van der Waals surface area (Å²) in [4.78, 5) is 40.0. The van der Waals surface area contributed by atoms with Gasteiger partial charge in [0.1, 0.15) is 0 Å². The first kappa shape index (κ1) is 18.3. The molecule has 3 N–H and O–H groups in total. The average molecular weight is 380 g/mol. The van der Waals surface area contributed by atoms with Crippen LogP contribution < -0.4 is 16.0 Å². The van der Waals surface area contributed by atoms with E-state index in [4.69, 9.17) is 0 Å². The third-order valence-electron chi connectivity index (χ3n) is 3.54. The lowest BCUT2D eigenvalue weighted by atomic mass is 10.1. The van der Waals surface area contributed by atoms with E-state index in [0.717, 1.165) is 0 Å². The van der Waals surface area contributed by atoms with E-state index in [1.165, 1.54) is 18.3 Å². The Bertz CT molecular complexity index is 969. The molecule has 0 spiro atoms. The molecule has 3 amide bonds. The van der Waals surface area contributed by atoms with Gasteiger partial charge in [-0.1, -0.05) is 12.1 Å². The van der Waals surface area contributed by atoms with Crippen molar-refractivity contribution in [3.05, 3.63) is 71.2 Å². The van der Waals surface area contributed by atoms with Gasteiger partial charge in [-0.2, -0.15) is 0 Å². The Kier molecular flexibility index (Phi) is 5.58. The van der Waals surface area contributed by atoms with Crippen LogP contribution in [0.5, 0.6) is 0 Å². The summed E-state index contributed by atoms with van der Waals surface area (Å²) in [7, 11) is 0. The van der Waals surface area contributed by atoms with Crippen LogP contribution in [0.1, 0.15) is 27.6 Å². The molecule has 0 saturated carbocycles. The van der Waals surface area contributed by atoms with Crippen molar-refractivity contribution in [2.24, 2.45) is 0 Å². The second-order valence-electron chi connectivity index (χ2n) is 5.55. The Morgan fingerprint density at radius 3 is 2.30 bits per heavy atom. The molecule has 0 atom stereocenters. The maximum atomic E-state index is 12.5. The van der Waals surface area contributed by atoms with Crippen molar-refractivity contribution >= 4 is 45.6 Å². The van der Waals surface area contributed by atoms with Gasteiger partial charge in [-0.3, -0.25) is 19.7 Å². The molecule has 1 heterocycles. The predicted molar refractivity (Wildman–Crippen MR) is 105 cm³/mol. The van der Waals surface area contributed by atoms with E-state index in [-0.39, 0.29) is 17.7 Å². The van der Waals surface area contributed by atoms with Gasteiger partial charge in [0.25, 0.3) is 11.8 Å². The number of carbonyl (C=O) groups is 3. The fourth-order valence-corrected chi connectivity index (χ4v) is 2.87. The summed E-state index contributed by atoms with van der Waals surface area (Å²) in [5.74, 6) is -0.909. The lowest BCUT2D eigenvalue weighted by Gasteiger charge is -2.11. The molecule has 8 heteroatoms. The minimum absolute atomic E-state index is 0.188. The highest BCUT2D eigenvalue weighted by atomic mass is 32.1. The van der Waals surface area contributed by atoms with Gasteiger partial charge >= 0.3 is 0 Å². The number of benzene rings is 2. The first-order valence-electron chi connectivity index (χ1n) is 8.02. The Hall–Kier alpha value is -3.52. The molecule has 0 fully saturated rings. The molecule has 3 rings (SSSR count). The Labute approximate surface area is 159 Å². The fraction of sp³-hybridized carbons (Fsp3) is 0.0526. The zero-order chi connectivity index (χ0) is 19.2. The van der Waals surface area contributed by atoms with E-state index in [1.807, 2.05) is 0 Å². The van der Waals surface area contributed by atoms with Crippen LogP contribution in [0.25, 0.3) is 0 Å². The molecule has 0 aliphatic heterocycles. The number of nitrogens with zero attached hydrogens (tertiary/aromatic N) is 1. The number of amides is 3. The lowest BCUT2D eigenvalue weighted by Crippen LogP contribution is -2.18. The fourth-order valence-electron chi connectivity index (χ4n) is 2.34. The van der Waals surface area contributed by atoms with Crippen LogP contribution in [0, 0.1) is 0 Å². The van der Waals surface area contributed by atoms with Crippen LogP contribution in [-0.4, -0.2) is 22.7 Å². The maximum absolute atomic E-state index is 12.5. The Balaban J connectivity index is 1.74. The van der Waals surface area contributed by atoms with Crippen LogP contribution in [0.3, 0.4) is 0 Å². The quantitative estimate of drug-likeness (QED) is 0.629. The van der Waals surface area contributed by atoms with Gasteiger partial charge in [0, 0.05) is 29.8 Å². The van der Waals surface area contributed by atoms with E-state index in [1.54, 1.807) is 60.1 Å². The minimum atomic E-state index is -0.362. The smallest absolute Gasteiger partial charge is 0.259 e. The number of rotatable bonds is 5. The Morgan fingerprint density at radius 1 is 0.889 bits per heavy atom. The summed E-state index contributed by atoms with van der Waals surface area (Å²) in [6, 6.07) is 13.2. The molecule has 0 radical (unpaired) electrons. The number of thiazole rings is 1. The van der Waals surface area contributed by atoms with Crippen LogP contribution in [0.2, 0.25) is 0 Å². The van der Waals surface area contributed by atoms with E-state index < -0.39 is 0 Å². The van der Waals surface area contributed by atoms with Crippen molar-refractivity contribution in [1.82, 2.24) is 4.98 Å². The van der Waals surface area contributed by atoms with Gasteiger partial charge in [0.2, 0.25) is 5.91 Å². The molecule has 0 bridgehead atoms. The molecule has 3 aromatic rings. The van der Waals surface area contributed by atoms with E-state index in [9.17, 15) is 14.4 Å². The van der Waals surface area contributed by atoms with Gasteiger partial charge in [0.15, 0.2) is 5.13 Å². The van der Waals surface area contributed by atoms with Crippen molar-refractivity contribution < 1.29 is 14.4 Å². The van der Waals surface area contributed by atoms with Crippen LogP contribution in [0.4, 0.5) is 16.5 Å². The number of nitrogens with one attached hydrogen (secondary N) is 3. The minimum Gasteiger partial charge on any atom is -0.326 e. The number of aromatic nitrogens is 1. The zero-order valence-corrected chi connectivity index (χ0v) is 15.2. The molecular formula is C19H16N4O3S. The summed E-state index contributed by atoms with van der Waals surface area (Å²) in [6.07, 6.45) is 1.60. The normalized spacial score (nSPS) is 10.1. The summed E-state index contributed by atoms with van der Waals surface area (Å²) < 4.78 is 0. The SMILES string of the molecule is CC(=O)Nc1ccc(C(=O)Nc2ccccc2C(=O)Nc2nccs2)cc1. The van der Waals surface area contributed by atoms with E-state index in [2.05, 4.69) is 20.9 Å². The lowest BCUT2D eigenvalue weighted by molar-refractivity contribution is -0.114. The van der Waals surface area contributed by atoms with Gasteiger partial charge in [-0.05, 0) is 36.4 Å².